The second kappa shape index (κ2) is 6.70. The largest absolute Gasteiger partial charge is 0.465 e. The number of hydrogen-bond donors (Lipinski definition) is 0. The summed E-state index contributed by atoms with van der Waals surface area (Å²) in [5, 5.41) is 0. The molecule has 1 aromatic rings. The molecule has 96 valence electrons. The van der Waals surface area contributed by atoms with Crippen molar-refractivity contribution in [2.45, 2.75) is 32.6 Å². The van der Waals surface area contributed by atoms with Crippen molar-refractivity contribution >= 4 is 30.7 Å². The average molecular weight is 365 g/mol. The molecule has 0 saturated carbocycles. The highest BCUT2D eigenvalue weighted by Crippen LogP contribution is 2.19. The third-order valence-electron chi connectivity index (χ3n) is 2.25. The van der Waals surface area contributed by atoms with Crippen molar-refractivity contribution in [3.05, 3.63) is 21.5 Å². The summed E-state index contributed by atoms with van der Waals surface area (Å²) in [6, 6.07) is 3.16. The molecule has 3 nitrogen and oxygen atoms in total. The van der Waals surface area contributed by atoms with Gasteiger partial charge in [-0.2, -0.15) is 0 Å². The number of aryl methyl sites for hydroxylation is 1. The van der Waals surface area contributed by atoms with Crippen LogP contribution < -0.4 is 4.74 Å². The molecule has 0 bridgehead atoms. The van der Waals surface area contributed by atoms with E-state index >= 15 is 0 Å². The van der Waals surface area contributed by atoms with Crippen molar-refractivity contribution in [1.82, 2.24) is 4.98 Å². The number of nitrogens with zero attached hydrogens (tertiary/aromatic N) is 1. The van der Waals surface area contributed by atoms with Gasteiger partial charge in [0.1, 0.15) is 0 Å². The average Bonchev–Trinajstić information content (AvgIpc) is 2.18. The van der Waals surface area contributed by atoms with Gasteiger partial charge in [-0.1, -0.05) is 19.6 Å². The van der Waals surface area contributed by atoms with Crippen molar-refractivity contribution in [3.8, 4) is 5.75 Å². The van der Waals surface area contributed by atoms with Crippen molar-refractivity contribution in [1.29, 1.82) is 0 Å². The van der Waals surface area contributed by atoms with Crippen LogP contribution in [0.25, 0.3) is 0 Å². The van der Waals surface area contributed by atoms with E-state index in [9.17, 15) is 0 Å². The number of halogens is 1. The molecule has 0 spiro atoms. The molecule has 1 aromatic heterocycles. The zero-order chi connectivity index (χ0) is 12.9. The number of aromatic nitrogens is 1. The first-order valence-electron chi connectivity index (χ1n) is 5.71. The van der Waals surface area contributed by atoms with Gasteiger partial charge >= 0.3 is 0 Å². The van der Waals surface area contributed by atoms with Gasteiger partial charge in [-0.25, -0.2) is 0 Å². The van der Waals surface area contributed by atoms with Gasteiger partial charge in [-0.3, -0.25) is 4.98 Å². The summed E-state index contributed by atoms with van der Waals surface area (Å²) in [7, 11) is -0.999. The molecule has 0 fully saturated rings. The van der Waals surface area contributed by atoms with E-state index in [0.29, 0.717) is 6.79 Å². The van der Waals surface area contributed by atoms with Gasteiger partial charge in [-0.15, -0.1) is 0 Å². The van der Waals surface area contributed by atoms with E-state index in [1.165, 1.54) is 6.04 Å². The van der Waals surface area contributed by atoms with E-state index in [4.69, 9.17) is 9.47 Å². The van der Waals surface area contributed by atoms with Crippen molar-refractivity contribution in [2.75, 3.05) is 13.4 Å². The number of pyridine rings is 1. The SMILES string of the molecule is Cc1cc(I)c(OCOCC[Si](C)(C)C)cn1. The number of hydrogen-bond acceptors (Lipinski definition) is 3. The standard InChI is InChI=1S/C12H20INO2Si/c1-10-7-11(13)12(8-14-10)16-9-15-5-6-17(2,3)4/h7-8H,5-6,9H2,1-4H3. The van der Waals surface area contributed by atoms with Crippen molar-refractivity contribution < 1.29 is 9.47 Å². The van der Waals surface area contributed by atoms with Gasteiger partial charge in [-0.05, 0) is 41.6 Å². The molecular weight excluding hydrogens is 345 g/mol. The molecule has 0 atom stereocenters. The Hall–Kier alpha value is -0.143. The maximum absolute atomic E-state index is 5.53. The Bertz CT molecular complexity index is 366. The second-order valence-electron chi connectivity index (χ2n) is 5.24. The quantitative estimate of drug-likeness (QED) is 0.334. The van der Waals surface area contributed by atoms with E-state index in [0.717, 1.165) is 21.6 Å². The summed E-state index contributed by atoms with van der Waals surface area (Å²) in [5.41, 5.74) is 1.00. The fourth-order valence-corrected chi connectivity index (χ4v) is 2.66. The Balaban J connectivity index is 2.27. The molecule has 0 radical (unpaired) electrons. The Morgan fingerprint density at radius 3 is 2.65 bits per heavy atom. The highest BCUT2D eigenvalue weighted by atomic mass is 127. The Kier molecular flexibility index (Phi) is 5.88. The number of rotatable bonds is 6. The lowest BCUT2D eigenvalue weighted by Crippen LogP contribution is -2.22. The van der Waals surface area contributed by atoms with E-state index < -0.39 is 8.07 Å². The highest BCUT2D eigenvalue weighted by molar-refractivity contribution is 14.1. The monoisotopic (exact) mass is 365 g/mol. The molecule has 0 aromatic carbocycles. The Labute approximate surface area is 118 Å². The van der Waals surface area contributed by atoms with Gasteiger partial charge in [0, 0.05) is 20.4 Å². The molecule has 0 amide bonds. The third kappa shape index (κ3) is 6.37. The predicted octanol–water partition coefficient (Wildman–Crippen LogP) is 3.69. The third-order valence-corrected chi connectivity index (χ3v) is 4.80. The molecule has 0 aliphatic carbocycles. The van der Waals surface area contributed by atoms with Crippen molar-refractivity contribution in [2.24, 2.45) is 0 Å². The van der Waals surface area contributed by atoms with Gasteiger partial charge < -0.3 is 9.47 Å². The highest BCUT2D eigenvalue weighted by Gasteiger charge is 2.12. The van der Waals surface area contributed by atoms with E-state index in [2.05, 4.69) is 47.2 Å². The fraction of sp³-hybridized carbons (Fsp3) is 0.583. The molecule has 0 N–H and O–H groups in total. The molecule has 1 rings (SSSR count). The van der Waals surface area contributed by atoms with Crippen LogP contribution >= 0.6 is 22.6 Å². The summed E-state index contributed by atoms with van der Waals surface area (Å²) < 4.78 is 12.1. The van der Waals surface area contributed by atoms with E-state index in [1.807, 2.05) is 13.0 Å². The van der Waals surface area contributed by atoms with Crippen LogP contribution in [-0.4, -0.2) is 26.5 Å². The van der Waals surface area contributed by atoms with Gasteiger partial charge in [0.25, 0.3) is 0 Å². The summed E-state index contributed by atoms with van der Waals surface area (Å²) in [6.45, 7) is 10.1. The smallest absolute Gasteiger partial charge is 0.189 e. The molecule has 0 unspecified atom stereocenters. The van der Waals surface area contributed by atoms with Crippen LogP contribution in [0, 0.1) is 10.5 Å². The molecule has 5 heteroatoms. The molecule has 1 heterocycles. The van der Waals surface area contributed by atoms with Crippen LogP contribution in [0.15, 0.2) is 12.3 Å². The van der Waals surface area contributed by atoms with E-state index in [1.54, 1.807) is 6.20 Å². The second-order valence-corrected chi connectivity index (χ2v) is 12.0. The summed E-state index contributed by atoms with van der Waals surface area (Å²) in [6.07, 6.45) is 1.75. The van der Waals surface area contributed by atoms with Crippen LogP contribution in [0.2, 0.25) is 25.7 Å². The minimum Gasteiger partial charge on any atom is -0.465 e. The number of ether oxygens (including phenoxy) is 2. The normalized spacial score (nSPS) is 11.6. The van der Waals surface area contributed by atoms with Gasteiger partial charge in [0.15, 0.2) is 12.5 Å². The molecule has 0 saturated heterocycles. The lowest BCUT2D eigenvalue weighted by molar-refractivity contribution is 0.0213. The van der Waals surface area contributed by atoms with Crippen molar-refractivity contribution in [3.63, 3.8) is 0 Å². The van der Waals surface area contributed by atoms with Gasteiger partial charge in [0.2, 0.25) is 0 Å². The molecule has 0 aliphatic rings. The maximum Gasteiger partial charge on any atom is 0.189 e. The summed E-state index contributed by atoms with van der Waals surface area (Å²) in [4.78, 5) is 4.20. The minimum atomic E-state index is -0.999. The van der Waals surface area contributed by atoms with Gasteiger partial charge in [0.05, 0.1) is 9.77 Å². The first-order chi connectivity index (χ1) is 7.88. The Morgan fingerprint density at radius 2 is 2.06 bits per heavy atom. The first-order valence-corrected chi connectivity index (χ1v) is 10.5. The summed E-state index contributed by atoms with van der Waals surface area (Å²) in [5.74, 6) is 0.796. The molecule has 17 heavy (non-hydrogen) atoms. The lowest BCUT2D eigenvalue weighted by Gasteiger charge is -2.15. The van der Waals surface area contributed by atoms with Crippen LogP contribution in [-0.2, 0) is 4.74 Å². The molecule has 0 aliphatic heterocycles. The van der Waals surface area contributed by atoms with Crippen LogP contribution in [0.5, 0.6) is 5.75 Å². The lowest BCUT2D eigenvalue weighted by atomic mass is 10.4. The fourth-order valence-electron chi connectivity index (χ4n) is 1.16. The minimum absolute atomic E-state index is 0.311. The van der Waals surface area contributed by atoms with Crippen LogP contribution in [0.1, 0.15) is 5.69 Å². The predicted molar refractivity (Wildman–Crippen MR) is 81.3 cm³/mol. The first kappa shape index (κ1) is 14.9. The summed E-state index contributed by atoms with van der Waals surface area (Å²) >= 11 is 2.25. The van der Waals surface area contributed by atoms with E-state index in [-0.39, 0.29) is 0 Å². The molecular formula is C12H20INO2Si. The topological polar surface area (TPSA) is 31.4 Å². The maximum atomic E-state index is 5.53. The zero-order valence-corrected chi connectivity index (χ0v) is 14.1. The zero-order valence-electron chi connectivity index (χ0n) is 10.9. The van der Waals surface area contributed by atoms with Crippen LogP contribution in [0.3, 0.4) is 0 Å². The van der Waals surface area contributed by atoms with Crippen LogP contribution in [0.4, 0.5) is 0 Å². The Morgan fingerprint density at radius 1 is 1.35 bits per heavy atom.